The number of amides is 2. The molecule has 4 nitrogen and oxygen atoms in total. The quantitative estimate of drug-likeness (QED) is 0.827. The molecule has 0 unspecified atom stereocenters. The van der Waals surface area contributed by atoms with Crippen molar-refractivity contribution in [1.82, 2.24) is 4.90 Å². The Labute approximate surface area is 100 Å². The number of nitrogens with one attached hydrogen (secondary N) is 1. The van der Waals surface area contributed by atoms with Crippen molar-refractivity contribution in [2.45, 2.75) is 13.3 Å². The molecule has 0 heterocycles. The van der Waals surface area contributed by atoms with Gasteiger partial charge in [0.05, 0.1) is 6.61 Å². The van der Waals surface area contributed by atoms with Crippen LogP contribution in [0.1, 0.15) is 13.3 Å². The van der Waals surface area contributed by atoms with Crippen LogP contribution in [0.4, 0.5) is 14.9 Å². The standard InChI is InChI=1S/C12H17FN2O2/c1-2-6-15(7-8-16)12(17)14-11-5-3-4-10(13)9-11/h3-5,9,16H,2,6-8H2,1H3,(H,14,17). The van der Waals surface area contributed by atoms with Gasteiger partial charge in [0.2, 0.25) is 0 Å². The van der Waals surface area contributed by atoms with Crippen LogP contribution in [0.25, 0.3) is 0 Å². The smallest absolute Gasteiger partial charge is 0.321 e. The van der Waals surface area contributed by atoms with Gasteiger partial charge < -0.3 is 15.3 Å². The summed E-state index contributed by atoms with van der Waals surface area (Å²) in [5.74, 6) is -0.396. The van der Waals surface area contributed by atoms with E-state index in [0.717, 1.165) is 6.42 Å². The summed E-state index contributed by atoms with van der Waals surface area (Å²) in [5, 5.41) is 11.4. The second-order valence-corrected chi connectivity index (χ2v) is 3.65. The molecular weight excluding hydrogens is 223 g/mol. The molecule has 0 spiro atoms. The summed E-state index contributed by atoms with van der Waals surface area (Å²) in [6.45, 7) is 2.69. The normalized spacial score (nSPS) is 10.1. The van der Waals surface area contributed by atoms with E-state index in [2.05, 4.69) is 5.32 Å². The van der Waals surface area contributed by atoms with E-state index >= 15 is 0 Å². The van der Waals surface area contributed by atoms with Crippen molar-refractivity contribution in [2.24, 2.45) is 0 Å². The number of rotatable bonds is 5. The molecule has 0 saturated heterocycles. The number of halogens is 1. The van der Waals surface area contributed by atoms with Gasteiger partial charge in [-0.1, -0.05) is 13.0 Å². The number of carbonyl (C=O) groups is 1. The molecule has 2 N–H and O–H groups in total. The molecule has 2 amide bonds. The van der Waals surface area contributed by atoms with Gasteiger partial charge >= 0.3 is 6.03 Å². The summed E-state index contributed by atoms with van der Waals surface area (Å²) >= 11 is 0. The van der Waals surface area contributed by atoms with Gasteiger partial charge in [0.1, 0.15) is 5.82 Å². The highest BCUT2D eigenvalue weighted by Crippen LogP contribution is 2.10. The van der Waals surface area contributed by atoms with Gasteiger partial charge in [-0.2, -0.15) is 0 Å². The number of hydrogen-bond acceptors (Lipinski definition) is 2. The molecule has 0 aromatic heterocycles. The van der Waals surface area contributed by atoms with Gasteiger partial charge in [0.15, 0.2) is 0 Å². The fourth-order valence-electron chi connectivity index (χ4n) is 1.47. The van der Waals surface area contributed by atoms with E-state index in [9.17, 15) is 9.18 Å². The lowest BCUT2D eigenvalue weighted by molar-refractivity contribution is 0.188. The van der Waals surface area contributed by atoms with Gasteiger partial charge in [0.25, 0.3) is 0 Å². The molecule has 5 heteroatoms. The molecule has 0 saturated carbocycles. The number of hydrogen-bond donors (Lipinski definition) is 2. The summed E-state index contributed by atoms with van der Waals surface area (Å²) in [7, 11) is 0. The Hall–Kier alpha value is -1.62. The highest BCUT2D eigenvalue weighted by atomic mass is 19.1. The molecule has 0 fully saturated rings. The zero-order valence-corrected chi connectivity index (χ0v) is 9.82. The summed E-state index contributed by atoms with van der Waals surface area (Å²) < 4.78 is 12.9. The second kappa shape index (κ2) is 6.85. The summed E-state index contributed by atoms with van der Waals surface area (Å²) in [6.07, 6.45) is 0.802. The van der Waals surface area contributed by atoms with E-state index in [4.69, 9.17) is 5.11 Å². The van der Waals surface area contributed by atoms with Crippen LogP contribution < -0.4 is 5.32 Å². The molecule has 0 radical (unpaired) electrons. The van der Waals surface area contributed by atoms with Crippen LogP contribution in [-0.2, 0) is 0 Å². The average molecular weight is 240 g/mol. The lowest BCUT2D eigenvalue weighted by atomic mass is 10.3. The van der Waals surface area contributed by atoms with Gasteiger partial charge in [0, 0.05) is 18.8 Å². The van der Waals surface area contributed by atoms with Crippen LogP contribution in [0.3, 0.4) is 0 Å². The topological polar surface area (TPSA) is 52.6 Å². The fraction of sp³-hybridized carbons (Fsp3) is 0.417. The zero-order valence-electron chi connectivity index (χ0n) is 9.82. The summed E-state index contributed by atoms with van der Waals surface area (Å²) in [5.41, 5.74) is 0.411. The Morgan fingerprint density at radius 2 is 2.24 bits per heavy atom. The minimum absolute atomic E-state index is 0.0867. The SMILES string of the molecule is CCCN(CCO)C(=O)Nc1cccc(F)c1. The van der Waals surface area contributed by atoms with E-state index in [0.29, 0.717) is 12.2 Å². The zero-order chi connectivity index (χ0) is 12.7. The summed E-state index contributed by atoms with van der Waals surface area (Å²) in [4.78, 5) is 13.3. The van der Waals surface area contributed by atoms with Crippen molar-refractivity contribution in [3.63, 3.8) is 0 Å². The molecule has 17 heavy (non-hydrogen) atoms. The van der Waals surface area contributed by atoms with Crippen LogP contribution >= 0.6 is 0 Å². The highest BCUT2D eigenvalue weighted by Gasteiger charge is 2.11. The number of aliphatic hydroxyl groups is 1. The maximum atomic E-state index is 12.9. The molecule has 0 bridgehead atoms. The maximum absolute atomic E-state index is 12.9. The molecule has 1 rings (SSSR count). The maximum Gasteiger partial charge on any atom is 0.321 e. The van der Waals surface area contributed by atoms with E-state index in [1.165, 1.54) is 23.1 Å². The third-order valence-electron chi connectivity index (χ3n) is 2.23. The van der Waals surface area contributed by atoms with Gasteiger partial charge in [-0.3, -0.25) is 0 Å². The van der Waals surface area contributed by atoms with Gasteiger partial charge in [-0.05, 0) is 24.6 Å². The molecular formula is C12H17FN2O2. The lowest BCUT2D eigenvalue weighted by Gasteiger charge is -2.21. The second-order valence-electron chi connectivity index (χ2n) is 3.65. The number of nitrogens with zero attached hydrogens (tertiary/aromatic N) is 1. The van der Waals surface area contributed by atoms with Crippen molar-refractivity contribution in [3.05, 3.63) is 30.1 Å². The van der Waals surface area contributed by atoms with E-state index < -0.39 is 5.82 Å². The van der Waals surface area contributed by atoms with Crippen LogP contribution in [0, 0.1) is 5.82 Å². The first-order chi connectivity index (χ1) is 8.17. The van der Waals surface area contributed by atoms with Crippen molar-refractivity contribution in [3.8, 4) is 0 Å². The van der Waals surface area contributed by atoms with E-state index in [1.54, 1.807) is 6.07 Å². The molecule has 0 aliphatic carbocycles. The molecule has 0 aliphatic rings. The van der Waals surface area contributed by atoms with E-state index in [1.807, 2.05) is 6.92 Å². The Kier molecular flexibility index (Phi) is 5.42. The molecule has 94 valence electrons. The number of carbonyl (C=O) groups excluding carboxylic acids is 1. The van der Waals surface area contributed by atoms with Crippen LogP contribution in [0.2, 0.25) is 0 Å². The number of anilines is 1. The third kappa shape index (κ3) is 4.40. The molecule has 0 atom stereocenters. The van der Waals surface area contributed by atoms with Crippen LogP contribution in [0.15, 0.2) is 24.3 Å². The first kappa shape index (κ1) is 13.4. The first-order valence-corrected chi connectivity index (χ1v) is 5.59. The minimum Gasteiger partial charge on any atom is -0.395 e. The molecule has 0 aliphatic heterocycles. The minimum atomic E-state index is -0.396. The van der Waals surface area contributed by atoms with Crippen molar-refractivity contribution >= 4 is 11.7 Å². The average Bonchev–Trinajstić information content (AvgIpc) is 2.28. The molecule has 1 aromatic rings. The summed E-state index contributed by atoms with van der Waals surface area (Å²) in [6, 6.07) is 5.38. The van der Waals surface area contributed by atoms with Crippen molar-refractivity contribution in [1.29, 1.82) is 0 Å². The number of benzene rings is 1. The van der Waals surface area contributed by atoms with Gasteiger partial charge in [-0.15, -0.1) is 0 Å². The predicted octanol–water partition coefficient (Wildman–Crippen LogP) is 2.06. The third-order valence-corrected chi connectivity index (χ3v) is 2.23. The van der Waals surface area contributed by atoms with Crippen molar-refractivity contribution in [2.75, 3.05) is 25.0 Å². The number of aliphatic hydroxyl groups excluding tert-OH is 1. The fourth-order valence-corrected chi connectivity index (χ4v) is 1.47. The van der Waals surface area contributed by atoms with Crippen LogP contribution in [-0.4, -0.2) is 35.7 Å². The van der Waals surface area contributed by atoms with Gasteiger partial charge in [-0.25, -0.2) is 9.18 Å². The lowest BCUT2D eigenvalue weighted by Crippen LogP contribution is -2.37. The van der Waals surface area contributed by atoms with Crippen molar-refractivity contribution < 1.29 is 14.3 Å². The Morgan fingerprint density at radius 1 is 1.47 bits per heavy atom. The Balaban J connectivity index is 2.62. The Morgan fingerprint density at radius 3 is 2.82 bits per heavy atom. The Bertz CT molecular complexity index is 365. The van der Waals surface area contributed by atoms with E-state index in [-0.39, 0.29) is 19.2 Å². The predicted molar refractivity (Wildman–Crippen MR) is 64.4 cm³/mol. The van der Waals surface area contributed by atoms with Crippen LogP contribution in [0.5, 0.6) is 0 Å². The first-order valence-electron chi connectivity index (χ1n) is 5.59. The monoisotopic (exact) mass is 240 g/mol. The molecule has 1 aromatic carbocycles. The highest BCUT2D eigenvalue weighted by molar-refractivity contribution is 5.89. The number of urea groups is 1. The largest absolute Gasteiger partial charge is 0.395 e.